The smallest absolute Gasteiger partial charge is 0.406 e. The molecular weight excluding hydrogens is 473 g/mol. The minimum atomic E-state index is -4.85. The summed E-state index contributed by atoms with van der Waals surface area (Å²) in [4.78, 5) is 43.0. The summed E-state index contributed by atoms with van der Waals surface area (Å²) < 4.78 is 48.2. The molecule has 0 N–H and O–H groups in total. The summed E-state index contributed by atoms with van der Waals surface area (Å²) in [6.07, 6.45) is -3.96. The lowest BCUT2D eigenvalue weighted by Crippen LogP contribution is -2.72. The van der Waals surface area contributed by atoms with Gasteiger partial charge in [-0.3, -0.25) is 14.4 Å². The number of piperidine rings is 1. The number of Topliss-reactive ketones (excluding diaryl/α,β-unsaturated/α-hetero) is 1. The minimum Gasteiger partial charge on any atom is -0.406 e. The Morgan fingerprint density at radius 3 is 2.65 bits per heavy atom. The average molecular weight is 494 g/mol. The van der Waals surface area contributed by atoms with Crippen LogP contribution in [0, 0.1) is 0 Å². The predicted octanol–water partition coefficient (Wildman–Crippen LogP) is 3.69. The second-order valence-corrected chi connectivity index (χ2v) is 9.50. The largest absolute Gasteiger partial charge is 0.573 e. The SMILES string of the molecule is CO[C@H]1c2cc(OC(F)(F)F)ccc2CN2C(=O)C3CCCC([C@@H]12)N3C(=O)C(=O)c1cccs1. The van der Waals surface area contributed by atoms with Crippen molar-refractivity contribution >= 4 is 28.9 Å². The number of ketones is 1. The van der Waals surface area contributed by atoms with E-state index in [1.807, 2.05) is 0 Å². The average Bonchev–Trinajstić information content (AvgIpc) is 3.34. The molecule has 2 fully saturated rings. The lowest BCUT2D eigenvalue weighted by atomic mass is 9.78. The van der Waals surface area contributed by atoms with Gasteiger partial charge in [0.25, 0.3) is 11.7 Å². The van der Waals surface area contributed by atoms with Gasteiger partial charge in [0.15, 0.2) is 0 Å². The van der Waals surface area contributed by atoms with E-state index in [1.54, 1.807) is 22.4 Å². The van der Waals surface area contributed by atoms with Crippen molar-refractivity contribution < 1.29 is 37.0 Å². The number of fused-ring (bicyclic) bond motifs is 5. The Kier molecular flexibility index (Phi) is 5.64. The van der Waals surface area contributed by atoms with Crippen molar-refractivity contribution in [1.82, 2.24) is 9.80 Å². The maximum Gasteiger partial charge on any atom is 0.573 e. The van der Waals surface area contributed by atoms with Gasteiger partial charge >= 0.3 is 6.36 Å². The first kappa shape index (κ1) is 22.9. The van der Waals surface area contributed by atoms with Crippen LogP contribution in [0.15, 0.2) is 35.7 Å². The first-order valence-electron chi connectivity index (χ1n) is 10.8. The maximum absolute atomic E-state index is 13.5. The molecule has 3 aliphatic heterocycles. The molecule has 2 amide bonds. The van der Waals surface area contributed by atoms with E-state index in [0.717, 1.165) is 11.3 Å². The van der Waals surface area contributed by atoms with Crippen molar-refractivity contribution in [3.05, 3.63) is 51.7 Å². The van der Waals surface area contributed by atoms with E-state index in [0.29, 0.717) is 35.3 Å². The van der Waals surface area contributed by atoms with Gasteiger partial charge in [-0.1, -0.05) is 12.1 Å². The molecule has 7 nitrogen and oxygen atoms in total. The summed E-state index contributed by atoms with van der Waals surface area (Å²) in [6.45, 7) is 0.179. The number of rotatable bonds is 4. The number of halogens is 3. The lowest BCUT2D eigenvalue weighted by Gasteiger charge is -2.57. The fraction of sp³-hybridized carbons (Fsp3) is 0.435. The Labute approximate surface area is 197 Å². The number of hydrogen-bond acceptors (Lipinski definition) is 6. The lowest BCUT2D eigenvalue weighted by molar-refractivity contribution is -0.274. The van der Waals surface area contributed by atoms with Gasteiger partial charge < -0.3 is 19.3 Å². The number of piperazine rings is 1. The molecule has 2 aromatic rings. The normalized spacial score (nSPS) is 26.1. The topological polar surface area (TPSA) is 76.2 Å². The molecule has 34 heavy (non-hydrogen) atoms. The molecule has 11 heteroatoms. The molecule has 2 unspecified atom stereocenters. The van der Waals surface area contributed by atoms with E-state index < -0.39 is 42.3 Å². The molecule has 3 aliphatic rings. The first-order valence-corrected chi connectivity index (χ1v) is 11.7. The molecule has 0 aliphatic carbocycles. The van der Waals surface area contributed by atoms with Crippen LogP contribution in [-0.2, 0) is 20.9 Å². The van der Waals surface area contributed by atoms with Crippen LogP contribution in [0.1, 0.15) is 46.2 Å². The van der Waals surface area contributed by atoms with E-state index in [4.69, 9.17) is 4.74 Å². The van der Waals surface area contributed by atoms with Gasteiger partial charge in [-0.05, 0) is 54.0 Å². The Morgan fingerprint density at radius 1 is 1.18 bits per heavy atom. The molecule has 4 atom stereocenters. The zero-order chi connectivity index (χ0) is 24.2. The molecule has 2 bridgehead atoms. The van der Waals surface area contributed by atoms with Crippen LogP contribution in [0.2, 0.25) is 0 Å². The van der Waals surface area contributed by atoms with Gasteiger partial charge in [0.2, 0.25) is 5.91 Å². The van der Waals surface area contributed by atoms with Gasteiger partial charge in [-0.15, -0.1) is 24.5 Å². The van der Waals surface area contributed by atoms with Gasteiger partial charge in [-0.25, -0.2) is 0 Å². The molecule has 5 rings (SSSR count). The van der Waals surface area contributed by atoms with E-state index in [-0.39, 0.29) is 18.2 Å². The van der Waals surface area contributed by atoms with Crippen molar-refractivity contribution in [1.29, 1.82) is 0 Å². The first-order chi connectivity index (χ1) is 16.2. The minimum absolute atomic E-state index is 0.179. The van der Waals surface area contributed by atoms with Gasteiger partial charge in [0.1, 0.15) is 17.9 Å². The van der Waals surface area contributed by atoms with E-state index >= 15 is 0 Å². The third-order valence-electron chi connectivity index (χ3n) is 6.73. The third-order valence-corrected chi connectivity index (χ3v) is 7.60. The van der Waals surface area contributed by atoms with E-state index in [1.165, 1.54) is 30.2 Å². The monoisotopic (exact) mass is 494 g/mol. The van der Waals surface area contributed by atoms with Crippen molar-refractivity contribution in [2.24, 2.45) is 0 Å². The molecule has 1 aromatic heterocycles. The van der Waals surface area contributed by atoms with Crippen LogP contribution in [0.3, 0.4) is 0 Å². The summed E-state index contributed by atoms with van der Waals surface area (Å²) in [5.41, 5.74) is 1.12. The number of carbonyl (C=O) groups is 3. The van der Waals surface area contributed by atoms with E-state index in [9.17, 15) is 27.6 Å². The predicted molar refractivity (Wildman–Crippen MR) is 114 cm³/mol. The number of thiophene rings is 1. The standard InChI is InChI=1S/C23H21F3N2O5S/c1-32-20-14-10-13(33-23(24,25)26)8-7-12(14)11-27-18(20)15-4-2-5-16(21(27)30)28(15)22(31)19(29)17-6-3-9-34-17/h3,6-10,15-16,18,20H,2,4-5,11H2,1H3/t15?,16?,18-,20-/m0/s1. The summed E-state index contributed by atoms with van der Waals surface area (Å²) in [7, 11) is 1.41. The zero-order valence-corrected chi connectivity index (χ0v) is 18.9. The zero-order valence-electron chi connectivity index (χ0n) is 18.1. The Hall–Kier alpha value is -2.92. The number of hydrogen-bond donors (Lipinski definition) is 0. The van der Waals surface area contributed by atoms with Crippen LogP contribution >= 0.6 is 11.3 Å². The van der Waals surface area contributed by atoms with Crippen molar-refractivity contribution in [3.8, 4) is 5.75 Å². The Morgan fingerprint density at radius 2 is 1.97 bits per heavy atom. The highest BCUT2D eigenvalue weighted by atomic mass is 32.1. The van der Waals surface area contributed by atoms with Crippen molar-refractivity contribution in [2.75, 3.05) is 7.11 Å². The van der Waals surface area contributed by atoms with Crippen LogP contribution in [0.25, 0.3) is 0 Å². The number of amides is 2. The van der Waals surface area contributed by atoms with E-state index in [2.05, 4.69) is 4.74 Å². The highest BCUT2D eigenvalue weighted by Crippen LogP contribution is 2.45. The summed E-state index contributed by atoms with van der Waals surface area (Å²) in [6, 6.07) is 5.34. The second kappa shape index (κ2) is 8.38. The molecule has 0 radical (unpaired) electrons. The number of carbonyl (C=O) groups excluding carboxylic acids is 3. The molecule has 0 saturated carbocycles. The Bertz CT molecular complexity index is 1140. The molecular formula is C23H21F3N2O5S. The van der Waals surface area contributed by atoms with Crippen LogP contribution in [-0.4, -0.2) is 59.0 Å². The van der Waals surface area contributed by atoms with Gasteiger partial charge in [-0.2, -0.15) is 0 Å². The summed E-state index contributed by atoms with van der Waals surface area (Å²) >= 11 is 1.15. The molecule has 0 spiro atoms. The fourth-order valence-corrected chi connectivity index (χ4v) is 6.09. The van der Waals surface area contributed by atoms with Crippen LogP contribution in [0.5, 0.6) is 5.75 Å². The van der Waals surface area contributed by atoms with Crippen molar-refractivity contribution in [3.63, 3.8) is 0 Å². The third kappa shape index (κ3) is 3.76. The summed E-state index contributed by atoms with van der Waals surface area (Å²) in [5, 5.41) is 1.70. The molecule has 2 saturated heterocycles. The van der Waals surface area contributed by atoms with Gasteiger partial charge in [0, 0.05) is 13.7 Å². The van der Waals surface area contributed by atoms with Crippen LogP contribution in [0.4, 0.5) is 13.2 Å². The van der Waals surface area contributed by atoms with Gasteiger partial charge in [0.05, 0.1) is 17.0 Å². The number of ether oxygens (including phenoxy) is 2. The Balaban J connectivity index is 1.53. The molecule has 180 valence electrons. The van der Waals surface area contributed by atoms with Crippen molar-refractivity contribution in [2.45, 2.75) is 56.4 Å². The second-order valence-electron chi connectivity index (χ2n) is 8.55. The highest BCUT2D eigenvalue weighted by Gasteiger charge is 2.56. The quantitative estimate of drug-likeness (QED) is 0.479. The number of alkyl halides is 3. The highest BCUT2D eigenvalue weighted by molar-refractivity contribution is 7.13. The number of methoxy groups -OCH3 is 1. The molecule has 1 aromatic carbocycles. The maximum atomic E-state index is 13.5. The summed E-state index contributed by atoms with van der Waals surface area (Å²) in [5.74, 6) is -2.07. The van der Waals surface area contributed by atoms with Crippen LogP contribution < -0.4 is 4.74 Å². The number of benzene rings is 1. The fourth-order valence-electron chi connectivity index (χ4n) is 5.44. The number of nitrogens with zero attached hydrogens (tertiary/aromatic N) is 2. The molecule has 4 heterocycles.